The van der Waals surface area contributed by atoms with Gasteiger partial charge in [-0.25, -0.2) is 4.57 Å². The minimum absolute atomic E-state index is 0.0304. The Morgan fingerprint density at radius 2 is 1.20 bits per heavy atom. The molecule has 2 atom stereocenters. The van der Waals surface area contributed by atoms with Crippen LogP contribution in [-0.4, -0.2) is 74.9 Å². The molecule has 0 aliphatic rings. The van der Waals surface area contributed by atoms with E-state index in [1.165, 1.54) is 44.9 Å². The first kappa shape index (κ1) is 44.5. The van der Waals surface area contributed by atoms with Gasteiger partial charge in [-0.1, -0.05) is 115 Å². The van der Waals surface area contributed by atoms with Crippen LogP contribution >= 0.6 is 7.82 Å². The smallest absolute Gasteiger partial charge is 0.462 e. The quantitative estimate of drug-likeness (QED) is 0.0247. The van der Waals surface area contributed by atoms with Crippen LogP contribution in [-0.2, 0) is 32.7 Å². The topological polar surface area (TPSA) is 108 Å². The van der Waals surface area contributed by atoms with E-state index in [0.717, 1.165) is 64.2 Å². The van der Waals surface area contributed by atoms with Crippen LogP contribution in [0.15, 0.2) is 24.3 Å². The number of phosphoric acid groups is 1. The number of nitrogens with zero attached hydrogens (tertiary/aromatic N) is 1. The van der Waals surface area contributed by atoms with Crippen LogP contribution in [0.2, 0.25) is 0 Å². The molecule has 0 aromatic heterocycles. The van der Waals surface area contributed by atoms with Crippen LogP contribution in [0.4, 0.5) is 0 Å². The second kappa shape index (κ2) is 29.6. The number of hydrogen-bond acceptors (Lipinski definition) is 7. The fourth-order valence-corrected chi connectivity index (χ4v) is 5.30. The monoisotopic (exact) mass is 674 g/mol. The van der Waals surface area contributed by atoms with Crippen LogP contribution in [0.1, 0.15) is 142 Å². The van der Waals surface area contributed by atoms with Crippen molar-refractivity contribution in [1.82, 2.24) is 0 Å². The number of quaternary nitrogens is 1. The molecule has 0 saturated carbocycles. The van der Waals surface area contributed by atoms with Crippen molar-refractivity contribution >= 4 is 19.8 Å². The molecule has 0 bridgehead atoms. The summed E-state index contributed by atoms with van der Waals surface area (Å²) < 4.78 is 34.0. The molecule has 46 heavy (non-hydrogen) atoms. The molecule has 1 N–H and O–H groups in total. The molecule has 0 amide bonds. The molecule has 0 spiro atoms. The summed E-state index contributed by atoms with van der Waals surface area (Å²) in [6.07, 6.45) is 28.0. The number of rotatable bonds is 32. The van der Waals surface area contributed by atoms with Gasteiger partial charge in [-0.3, -0.25) is 18.6 Å². The number of carbonyl (C=O) groups excluding carboxylic acids is 2. The Bertz CT molecular complexity index is 855. The van der Waals surface area contributed by atoms with Gasteiger partial charge in [0.2, 0.25) is 0 Å². The van der Waals surface area contributed by atoms with Gasteiger partial charge in [0.25, 0.3) is 0 Å². The Hall–Kier alpha value is -1.51. The lowest BCUT2D eigenvalue weighted by Gasteiger charge is -2.24. The SMILES string of the molecule is CCCC/C=C/C/C=C/CCCCCCCC(=O)OC[C@@H](COP(=O)(O)OCC[N+](C)(C)C)OC(=O)CCCCCCCCCC. The zero-order valence-corrected chi connectivity index (χ0v) is 31.0. The van der Waals surface area contributed by atoms with Crippen molar-refractivity contribution in [1.29, 1.82) is 0 Å². The number of phosphoric ester groups is 1. The molecule has 0 aliphatic heterocycles. The van der Waals surface area contributed by atoms with Crippen molar-refractivity contribution in [2.75, 3.05) is 47.5 Å². The van der Waals surface area contributed by atoms with Gasteiger partial charge in [-0.05, 0) is 38.5 Å². The lowest BCUT2D eigenvalue weighted by molar-refractivity contribution is -0.870. The van der Waals surface area contributed by atoms with E-state index in [1.54, 1.807) is 0 Å². The van der Waals surface area contributed by atoms with Gasteiger partial charge in [0, 0.05) is 12.8 Å². The van der Waals surface area contributed by atoms with Crippen LogP contribution in [0, 0.1) is 0 Å². The van der Waals surface area contributed by atoms with Gasteiger partial charge in [0.15, 0.2) is 6.10 Å². The van der Waals surface area contributed by atoms with Gasteiger partial charge in [-0.2, -0.15) is 0 Å². The molecule has 0 fully saturated rings. The van der Waals surface area contributed by atoms with E-state index in [-0.39, 0.29) is 32.0 Å². The second-order valence-electron chi connectivity index (χ2n) is 13.3. The molecule has 9 nitrogen and oxygen atoms in total. The number of hydrogen-bond donors (Lipinski definition) is 1. The highest BCUT2D eigenvalue weighted by Gasteiger charge is 2.27. The van der Waals surface area contributed by atoms with E-state index >= 15 is 0 Å². The first-order valence-electron chi connectivity index (χ1n) is 18.1. The minimum atomic E-state index is -4.36. The van der Waals surface area contributed by atoms with Crippen LogP contribution in [0.3, 0.4) is 0 Å². The average Bonchev–Trinajstić information content (AvgIpc) is 2.99. The summed E-state index contributed by atoms with van der Waals surface area (Å²) in [5, 5.41) is 0. The van der Waals surface area contributed by atoms with Gasteiger partial charge in [-0.15, -0.1) is 0 Å². The summed E-state index contributed by atoms with van der Waals surface area (Å²) in [6.45, 7) is 4.30. The summed E-state index contributed by atoms with van der Waals surface area (Å²) in [5.41, 5.74) is 0. The molecular weight excluding hydrogens is 605 g/mol. The van der Waals surface area contributed by atoms with E-state index < -0.39 is 26.5 Å². The van der Waals surface area contributed by atoms with E-state index in [2.05, 4.69) is 38.2 Å². The molecule has 0 radical (unpaired) electrons. The summed E-state index contributed by atoms with van der Waals surface area (Å²) in [4.78, 5) is 35.0. The molecule has 0 saturated heterocycles. The first-order valence-corrected chi connectivity index (χ1v) is 19.6. The van der Waals surface area contributed by atoms with Crippen LogP contribution in [0.5, 0.6) is 0 Å². The van der Waals surface area contributed by atoms with Crippen LogP contribution in [0.25, 0.3) is 0 Å². The third kappa shape index (κ3) is 32.4. The second-order valence-corrected chi connectivity index (χ2v) is 14.7. The highest BCUT2D eigenvalue weighted by Crippen LogP contribution is 2.43. The molecule has 10 heteroatoms. The van der Waals surface area contributed by atoms with Gasteiger partial charge in [0.05, 0.1) is 27.7 Å². The number of likely N-dealkylation sites (N-methyl/N-ethyl adjacent to an activating group) is 1. The van der Waals surface area contributed by atoms with E-state index in [4.69, 9.17) is 18.5 Å². The molecule has 270 valence electrons. The highest BCUT2D eigenvalue weighted by atomic mass is 31.2. The number of allylic oxidation sites excluding steroid dienone is 4. The lowest BCUT2D eigenvalue weighted by Crippen LogP contribution is -2.37. The number of ether oxygens (including phenoxy) is 2. The Morgan fingerprint density at radius 1 is 0.674 bits per heavy atom. The van der Waals surface area contributed by atoms with Crippen molar-refractivity contribution < 1.29 is 42.1 Å². The molecule has 0 aliphatic carbocycles. The zero-order chi connectivity index (χ0) is 34.4. The lowest BCUT2D eigenvalue weighted by atomic mass is 10.1. The molecule has 0 aromatic carbocycles. The number of carbonyl (C=O) groups is 2. The third-order valence-electron chi connectivity index (χ3n) is 7.48. The summed E-state index contributed by atoms with van der Waals surface area (Å²) in [6, 6.07) is 0. The van der Waals surface area contributed by atoms with Crippen LogP contribution < -0.4 is 0 Å². The summed E-state index contributed by atoms with van der Waals surface area (Å²) in [5.74, 6) is -0.821. The molecule has 0 aromatic rings. The Morgan fingerprint density at radius 3 is 1.78 bits per heavy atom. The van der Waals surface area contributed by atoms with Gasteiger partial charge >= 0.3 is 19.8 Å². The maximum absolute atomic E-state index is 12.5. The van der Waals surface area contributed by atoms with Crippen molar-refractivity contribution in [3.05, 3.63) is 24.3 Å². The number of unbranched alkanes of at least 4 members (excludes halogenated alkanes) is 14. The zero-order valence-electron chi connectivity index (χ0n) is 30.1. The van der Waals surface area contributed by atoms with Crippen molar-refractivity contribution in [3.8, 4) is 0 Å². The minimum Gasteiger partial charge on any atom is -0.462 e. The normalized spacial score (nSPS) is 14.1. The van der Waals surface area contributed by atoms with Gasteiger partial charge < -0.3 is 18.9 Å². The average molecular weight is 675 g/mol. The Labute approximate surface area is 281 Å². The molecule has 0 heterocycles. The maximum atomic E-state index is 12.5. The van der Waals surface area contributed by atoms with E-state index in [0.29, 0.717) is 17.4 Å². The summed E-state index contributed by atoms with van der Waals surface area (Å²) in [7, 11) is 1.47. The van der Waals surface area contributed by atoms with E-state index in [1.807, 2.05) is 21.1 Å². The highest BCUT2D eigenvalue weighted by molar-refractivity contribution is 7.47. The first-order chi connectivity index (χ1) is 22.0. The van der Waals surface area contributed by atoms with Gasteiger partial charge in [0.1, 0.15) is 19.8 Å². The van der Waals surface area contributed by atoms with Crippen molar-refractivity contribution in [3.63, 3.8) is 0 Å². The molecular formula is C36H69NO8P+. The Kier molecular flexibility index (Phi) is 28.6. The Balaban J connectivity index is 4.45. The molecule has 1 unspecified atom stereocenters. The predicted molar refractivity (Wildman–Crippen MR) is 187 cm³/mol. The predicted octanol–water partition coefficient (Wildman–Crippen LogP) is 9.24. The van der Waals surface area contributed by atoms with Crippen molar-refractivity contribution in [2.24, 2.45) is 0 Å². The fraction of sp³-hybridized carbons (Fsp3) is 0.833. The standard InChI is InChI=1S/C36H68NO8P/c1-6-8-10-12-14-16-17-18-19-20-21-23-24-26-28-35(38)42-32-34(33-44-46(40,41)43-31-30-37(3,4)5)45-36(39)29-27-25-22-15-13-11-9-7-2/h12,14,17-18,34H,6-11,13,15-16,19-33H2,1-5H3/p+1/b14-12+,18-17+/t34-/m0/s1. The van der Waals surface area contributed by atoms with Crippen molar-refractivity contribution in [2.45, 2.75) is 148 Å². The van der Waals surface area contributed by atoms with E-state index in [9.17, 15) is 19.0 Å². The number of esters is 2. The fourth-order valence-electron chi connectivity index (χ4n) is 4.56. The third-order valence-corrected chi connectivity index (χ3v) is 8.47. The molecule has 0 rings (SSSR count). The largest absolute Gasteiger partial charge is 0.472 e. The summed E-state index contributed by atoms with van der Waals surface area (Å²) >= 11 is 0. The maximum Gasteiger partial charge on any atom is 0.472 e.